The fourth-order valence-electron chi connectivity index (χ4n) is 2.29. The van der Waals surface area contributed by atoms with Crippen molar-refractivity contribution in [1.82, 2.24) is 10.6 Å². The number of methoxy groups -OCH3 is 2. The molecule has 0 aliphatic heterocycles. The first-order valence-corrected chi connectivity index (χ1v) is 7.86. The molecule has 0 saturated heterocycles. The van der Waals surface area contributed by atoms with Crippen molar-refractivity contribution >= 4 is 11.8 Å². The molecule has 25 heavy (non-hydrogen) atoms. The molecule has 6 nitrogen and oxygen atoms in total. The zero-order chi connectivity index (χ0) is 18.2. The lowest BCUT2D eigenvalue weighted by Crippen LogP contribution is -2.36. The molecular formula is C19H22N2O4. The number of hydrogen-bond donors (Lipinski definition) is 2. The van der Waals surface area contributed by atoms with Crippen LogP contribution in [0.5, 0.6) is 11.5 Å². The lowest BCUT2D eigenvalue weighted by molar-refractivity contribution is -0.120. The predicted octanol–water partition coefficient (Wildman–Crippen LogP) is 2.06. The minimum atomic E-state index is -0.431. The average Bonchev–Trinajstić information content (AvgIpc) is 2.64. The van der Waals surface area contributed by atoms with Gasteiger partial charge in [-0.05, 0) is 24.6 Å². The quantitative estimate of drug-likeness (QED) is 0.807. The third-order valence-corrected chi connectivity index (χ3v) is 3.67. The monoisotopic (exact) mass is 342 g/mol. The summed E-state index contributed by atoms with van der Waals surface area (Å²) in [4.78, 5) is 24.3. The van der Waals surface area contributed by atoms with Gasteiger partial charge in [0.1, 0.15) is 17.1 Å². The maximum Gasteiger partial charge on any atom is 0.259 e. The first kappa shape index (κ1) is 18.3. The van der Waals surface area contributed by atoms with Crippen LogP contribution in [-0.4, -0.2) is 32.6 Å². The number of ether oxygens (including phenoxy) is 2. The number of aryl methyl sites for hydroxylation is 1. The molecule has 0 radical (unpaired) electrons. The zero-order valence-corrected chi connectivity index (χ0v) is 14.6. The summed E-state index contributed by atoms with van der Waals surface area (Å²) in [5.74, 6) is 0.0661. The van der Waals surface area contributed by atoms with Crippen LogP contribution in [0.25, 0.3) is 0 Å². The molecule has 0 aromatic heterocycles. The van der Waals surface area contributed by atoms with Crippen LogP contribution >= 0.6 is 0 Å². The maximum absolute atomic E-state index is 12.4. The van der Waals surface area contributed by atoms with Crippen LogP contribution in [0.4, 0.5) is 0 Å². The Kier molecular flexibility index (Phi) is 6.39. The van der Waals surface area contributed by atoms with E-state index in [1.54, 1.807) is 18.2 Å². The highest BCUT2D eigenvalue weighted by Crippen LogP contribution is 2.27. The van der Waals surface area contributed by atoms with E-state index < -0.39 is 5.91 Å². The van der Waals surface area contributed by atoms with Crippen LogP contribution in [-0.2, 0) is 11.3 Å². The zero-order valence-electron chi connectivity index (χ0n) is 14.6. The van der Waals surface area contributed by atoms with E-state index in [0.717, 1.165) is 11.1 Å². The molecule has 0 atom stereocenters. The van der Waals surface area contributed by atoms with Crippen molar-refractivity contribution < 1.29 is 19.1 Å². The Hall–Kier alpha value is -3.02. The van der Waals surface area contributed by atoms with E-state index in [1.165, 1.54) is 14.2 Å². The van der Waals surface area contributed by atoms with Gasteiger partial charge in [-0.3, -0.25) is 9.59 Å². The molecule has 0 bridgehead atoms. The van der Waals surface area contributed by atoms with Crippen LogP contribution in [0, 0.1) is 6.92 Å². The first-order chi connectivity index (χ1) is 12.0. The number of nitrogens with one attached hydrogen (secondary N) is 2. The molecule has 2 aromatic rings. The highest BCUT2D eigenvalue weighted by molar-refractivity contribution is 6.01. The molecule has 6 heteroatoms. The summed E-state index contributed by atoms with van der Waals surface area (Å²) in [5, 5.41) is 5.35. The Morgan fingerprint density at radius 2 is 1.52 bits per heavy atom. The molecule has 0 unspecified atom stereocenters. The van der Waals surface area contributed by atoms with E-state index in [0.29, 0.717) is 18.0 Å². The van der Waals surface area contributed by atoms with Crippen LogP contribution in [0.1, 0.15) is 21.5 Å². The average molecular weight is 342 g/mol. The third kappa shape index (κ3) is 4.97. The molecule has 2 rings (SSSR count). The second kappa shape index (κ2) is 8.73. The van der Waals surface area contributed by atoms with Crippen molar-refractivity contribution in [3.8, 4) is 11.5 Å². The van der Waals surface area contributed by atoms with E-state index in [1.807, 2.05) is 31.2 Å². The second-order valence-electron chi connectivity index (χ2n) is 5.48. The van der Waals surface area contributed by atoms with E-state index in [-0.39, 0.29) is 18.0 Å². The van der Waals surface area contributed by atoms with Crippen molar-refractivity contribution in [2.24, 2.45) is 0 Å². The van der Waals surface area contributed by atoms with E-state index in [2.05, 4.69) is 10.6 Å². The van der Waals surface area contributed by atoms with Gasteiger partial charge >= 0.3 is 0 Å². The van der Waals surface area contributed by atoms with Gasteiger partial charge in [-0.2, -0.15) is 0 Å². The van der Waals surface area contributed by atoms with Gasteiger partial charge in [-0.1, -0.05) is 35.9 Å². The van der Waals surface area contributed by atoms with Crippen molar-refractivity contribution in [3.63, 3.8) is 0 Å². The summed E-state index contributed by atoms with van der Waals surface area (Å²) in [7, 11) is 2.94. The van der Waals surface area contributed by atoms with E-state index >= 15 is 0 Å². The van der Waals surface area contributed by atoms with Gasteiger partial charge in [0, 0.05) is 6.54 Å². The molecule has 0 aliphatic carbocycles. The third-order valence-electron chi connectivity index (χ3n) is 3.67. The number of amides is 2. The minimum absolute atomic E-state index is 0.133. The maximum atomic E-state index is 12.4. The smallest absolute Gasteiger partial charge is 0.259 e. The SMILES string of the molecule is COc1cccc(OC)c1C(=O)NCC(=O)NCc1ccc(C)cc1. The Morgan fingerprint density at radius 1 is 0.920 bits per heavy atom. The standard InChI is InChI=1S/C19H22N2O4/c1-13-7-9-14(10-8-13)11-20-17(22)12-21-19(23)18-15(24-2)5-4-6-16(18)25-3/h4-10H,11-12H2,1-3H3,(H,20,22)(H,21,23). The summed E-state index contributed by atoms with van der Waals surface area (Å²) in [6, 6.07) is 12.9. The van der Waals surface area contributed by atoms with Crippen molar-refractivity contribution in [3.05, 3.63) is 59.2 Å². The lowest BCUT2D eigenvalue weighted by Gasteiger charge is -2.13. The van der Waals surface area contributed by atoms with Gasteiger partial charge in [0.25, 0.3) is 5.91 Å². The van der Waals surface area contributed by atoms with Crippen LogP contribution in [0.2, 0.25) is 0 Å². The van der Waals surface area contributed by atoms with Gasteiger partial charge in [0.05, 0.1) is 20.8 Å². The number of hydrogen-bond acceptors (Lipinski definition) is 4. The number of carbonyl (C=O) groups is 2. The second-order valence-corrected chi connectivity index (χ2v) is 5.48. The molecule has 0 aliphatic rings. The van der Waals surface area contributed by atoms with Crippen molar-refractivity contribution in [1.29, 1.82) is 0 Å². The Morgan fingerprint density at radius 3 is 2.08 bits per heavy atom. The number of benzene rings is 2. The van der Waals surface area contributed by atoms with Crippen LogP contribution in [0.15, 0.2) is 42.5 Å². The normalized spacial score (nSPS) is 10.0. The Balaban J connectivity index is 1.91. The van der Waals surface area contributed by atoms with Gasteiger partial charge in [-0.15, -0.1) is 0 Å². The topological polar surface area (TPSA) is 76.7 Å². The van der Waals surface area contributed by atoms with Gasteiger partial charge < -0.3 is 20.1 Å². The van der Waals surface area contributed by atoms with E-state index in [4.69, 9.17) is 9.47 Å². The summed E-state index contributed by atoms with van der Waals surface area (Å²) in [6.07, 6.45) is 0. The summed E-state index contributed by atoms with van der Waals surface area (Å²) in [5.41, 5.74) is 2.42. The fourth-order valence-corrected chi connectivity index (χ4v) is 2.29. The van der Waals surface area contributed by atoms with Gasteiger partial charge in [0.15, 0.2) is 0 Å². The first-order valence-electron chi connectivity index (χ1n) is 7.86. The van der Waals surface area contributed by atoms with Gasteiger partial charge in [-0.25, -0.2) is 0 Å². The van der Waals surface area contributed by atoms with Crippen molar-refractivity contribution in [2.75, 3.05) is 20.8 Å². The molecule has 0 heterocycles. The predicted molar refractivity (Wildman–Crippen MR) is 94.9 cm³/mol. The molecule has 0 saturated carbocycles. The highest BCUT2D eigenvalue weighted by atomic mass is 16.5. The summed E-state index contributed by atoms with van der Waals surface area (Å²) in [6.45, 7) is 2.28. The molecule has 0 fully saturated rings. The van der Waals surface area contributed by atoms with Crippen molar-refractivity contribution in [2.45, 2.75) is 13.5 Å². The van der Waals surface area contributed by atoms with E-state index in [9.17, 15) is 9.59 Å². The molecule has 0 spiro atoms. The Bertz CT molecular complexity index is 719. The summed E-state index contributed by atoms with van der Waals surface area (Å²) < 4.78 is 10.4. The minimum Gasteiger partial charge on any atom is -0.496 e. The molecular weight excluding hydrogens is 320 g/mol. The number of carbonyl (C=O) groups excluding carboxylic acids is 2. The number of rotatable bonds is 7. The molecule has 2 N–H and O–H groups in total. The van der Waals surface area contributed by atoms with Crippen LogP contribution < -0.4 is 20.1 Å². The molecule has 2 aromatic carbocycles. The largest absolute Gasteiger partial charge is 0.496 e. The Labute approximate surface area is 147 Å². The molecule has 132 valence electrons. The summed E-state index contributed by atoms with van der Waals surface area (Å²) >= 11 is 0. The van der Waals surface area contributed by atoms with Crippen LogP contribution in [0.3, 0.4) is 0 Å². The highest BCUT2D eigenvalue weighted by Gasteiger charge is 2.18. The fraction of sp³-hybridized carbons (Fsp3) is 0.263. The van der Waals surface area contributed by atoms with Gasteiger partial charge in [0.2, 0.25) is 5.91 Å². The molecule has 2 amide bonds. The lowest BCUT2D eigenvalue weighted by atomic mass is 10.1.